The van der Waals surface area contributed by atoms with E-state index in [1.54, 1.807) is 42.5 Å². The highest BCUT2D eigenvalue weighted by atomic mass is 35.5. The molecule has 0 aliphatic carbocycles. The van der Waals surface area contributed by atoms with Crippen LogP contribution in [0.15, 0.2) is 42.5 Å². The lowest BCUT2D eigenvalue weighted by atomic mass is 10.2. The highest BCUT2D eigenvalue weighted by Gasteiger charge is 2.17. The maximum absolute atomic E-state index is 12.1. The molecule has 3 rings (SSSR count). The zero-order chi connectivity index (χ0) is 17.9. The minimum atomic E-state index is -3.69. The Morgan fingerprint density at radius 1 is 1.12 bits per heavy atom. The number of sulfonamides is 1. The first kappa shape index (κ1) is 17.5. The van der Waals surface area contributed by atoms with Crippen LogP contribution in [0, 0.1) is 0 Å². The SMILES string of the molecule is O=C(CNS(=O)(=O)Cc1ccccc1Cl)Nc1ccc2c(c1)OCO2. The number of fused-ring (bicyclic) bond motifs is 1. The molecule has 1 heterocycles. The molecule has 0 radical (unpaired) electrons. The number of ether oxygens (including phenoxy) is 2. The van der Waals surface area contributed by atoms with Crippen LogP contribution >= 0.6 is 11.6 Å². The molecular formula is C16H15ClN2O5S. The molecule has 2 N–H and O–H groups in total. The van der Waals surface area contributed by atoms with Crippen molar-refractivity contribution in [1.29, 1.82) is 0 Å². The molecule has 0 spiro atoms. The number of rotatable bonds is 6. The molecule has 0 saturated carbocycles. The number of hydrogen-bond donors (Lipinski definition) is 2. The van der Waals surface area contributed by atoms with Gasteiger partial charge in [0, 0.05) is 16.8 Å². The van der Waals surface area contributed by atoms with Gasteiger partial charge < -0.3 is 14.8 Å². The molecule has 2 aromatic carbocycles. The van der Waals surface area contributed by atoms with E-state index in [1.807, 2.05) is 0 Å². The van der Waals surface area contributed by atoms with Gasteiger partial charge in [-0.25, -0.2) is 13.1 Å². The fourth-order valence-corrected chi connectivity index (χ4v) is 3.62. The largest absolute Gasteiger partial charge is 0.454 e. The van der Waals surface area contributed by atoms with E-state index < -0.39 is 15.9 Å². The quantitative estimate of drug-likeness (QED) is 0.798. The number of benzene rings is 2. The van der Waals surface area contributed by atoms with Crippen molar-refractivity contribution in [3.63, 3.8) is 0 Å². The summed E-state index contributed by atoms with van der Waals surface area (Å²) in [6, 6.07) is 11.6. The first-order valence-corrected chi connectivity index (χ1v) is 9.36. The molecule has 9 heteroatoms. The molecule has 0 saturated heterocycles. The average molecular weight is 383 g/mol. The minimum Gasteiger partial charge on any atom is -0.454 e. The molecule has 2 aromatic rings. The van der Waals surface area contributed by atoms with Gasteiger partial charge in [0.1, 0.15) is 0 Å². The van der Waals surface area contributed by atoms with Crippen LogP contribution in [0.2, 0.25) is 5.02 Å². The summed E-state index contributed by atoms with van der Waals surface area (Å²) in [5.74, 6) is 0.321. The Bertz CT molecular complexity index is 901. The van der Waals surface area contributed by atoms with Gasteiger partial charge >= 0.3 is 0 Å². The number of hydrogen-bond acceptors (Lipinski definition) is 5. The highest BCUT2D eigenvalue weighted by molar-refractivity contribution is 7.88. The van der Waals surface area contributed by atoms with Crippen molar-refractivity contribution < 1.29 is 22.7 Å². The maximum Gasteiger partial charge on any atom is 0.239 e. The van der Waals surface area contributed by atoms with Gasteiger partial charge in [0.15, 0.2) is 11.5 Å². The van der Waals surface area contributed by atoms with E-state index in [9.17, 15) is 13.2 Å². The van der Waals surface area contributed by atoms with Gasteiger partial charge in [-0.15, -0.1) is 0 Å². The summed E-state index contributed by atoms with van der Waals surface area (Å²) in [6.07, 6.45) is 0. The van der Waals surface area contributed by atoms with Gasteiger partial charge in [-0.3, -0.25) is 4.79 Å². The van der Waals surface area contributed by atoms with E-state index in [2.05, 4.69) is 10.0 Å². The van der Waals surface area contributed by atoms with Crippen LogP contribution in [0.1, 0.15) is 5.56 Å². The fourth-order valence-electron chi connectivity index (χ4n) is 2.23. The molecule has 1 aliphatic rings. The van der Waals surface area contributed by atoms with E-state index in [1.165, 1.54) is 0 Å². The van der Waals surface area contributed by atoms with Crippen LogP contribution in [0.3, 0.4) is 0 Å². The Balaban J connectivity index is 1.55. The van der Waals surface area contributed by atoms with Gasteiger partial charge in [0.05, 0.1) is 12.3 Å². The molecule has 0 aromatic heterocycles. The highest BCUT2D eigenvalue weighted by Crippen LogP contribution is 2.34. The normalized spacial score (nSPS) is 12.8. The molecule has 0 atom stereocenters. The van der Waals surface area contributed by atoms with Crippen molar-refractivity contribution in [2.45, 2.75) is 5.75 Å². The van der Waals surface area contributed by atoms with Crippen molar-refractivity contribution in [2.24, 2.45) is 0 Å². The van der Waals surface area contributed by atoms with Crippen LogP contribution in [0.25, 0.3) is 0 Å². The molecule has 1 amide bonds. The van der Waals surface area contributed by atoms with Crippen LogP contribution < -0.4 is 19.5 Å². The lowest BCUT2D eigenvalue weighted by molar-refractivity contribution is -0.115. The number of anilines is 1. The Morgan fingerprint density at radius 2 is 1.88 bits per heavy atom. The third-order valence-electron chi connectivity index (χ3n) is 3.41. The molecule has 0 fully saturated rings. The van der Waals surface area contributed by atoms with Crippen LogP contribution in [0.5, 0.6) is 11.5 Å². The van der Waals surface area contributed by atoms with E-state index >= 15 is 0 Å². The Morgan fingerprint density at radius 3 is 2.68 bits per heavy atom. The summed E-state index contributed by atoms with van der Waals surface area (Å²) in [4.78, 5) is 11.9. The number of amides is 1. The summed E-state index contributed by atoms with van der Waals surface area (Å²) < 4.78 is 36.8. The summed E-state index contributed by atoms with van der Waals surface area (Å²) >= 11 is 5.95. The van der Waals surface area contributed by atoms with Gasteiger partial charge in [-0.05, 0) is 23.8 Å². The Labute approximate surface area is 149 Å². The summed E-state index contributed by atoms with van der Waals surface area (Å²) in [7, 11) is -3.69. The van der Waals surface area contributed by atoms with Crippen LogP contribution in [0.4, 0.5) is 5.69 Å². The fraction of sp³-hybridized carbons (Fsp3) is 0.188. The number of halogens is 1. The van der Waals surface area contributed by atoms with E-state index in [-0.39, 0.29) is 19.1 Å². The molecule has 0 unspecified atom stereocenters. The minimum absolute atomic E-state index is 0.134. The Kier molecular flexibility index (Phi) is 5.12. The molecule has 1 aliphatic heterocycles. The standard InChI is InChI=1S/C16H15ClN2O5S/c17-13-4-2-1-3-11(13)9-25(21,22)18-8-16(20)19-12-5-6-14-15(7-12)24-10-23-14/h1-7,18H,8-10H2,(H,19,20). The Hall–Kier alpha value is -2.29. The molecule has 132 valence electrons. The first-order valence-electron chi connectivity index (χ1n) is 7.33. The smallest absolute Gasteiger partial charge is 0.239 e. The lowest BCUT2D eigenvalue weighted by Crippen LogP contribution is -2.33. The van der Waals surface area contributed by atoms with Gasteiger partial charge in [0.25, 0.3) is 0 Å². The van der Waals surface area contributed by atoms with E-state index in [0.29, 0.717) is 27.8 Å². The van der Waals surface area contributed by atoms with Crippen molar-refractivity contribution in [1.82, 2.24) is 4.72 Å². The average Bonchev–Trinajstić information content (AvgIpc) is 3.03. The predicted molar refractivity (Wildman–Crippen MR) is 93.3 cm³/mol. The maximum atomic E-state index is 12.1. The second-order valence-corrected chi connectivity index (χ2v) is 7.50. The summed E-state index contributed by atoms with van der Waals surface area (Å²) in [5.41, 5.74) is 0.951. The number of carbonyl (C=O) groups excluding carboxylic acids is 1. The number of carbonyl (C=O) groups is 1. The predicted octanol–water partition coefficient (Wildman–Crippen LogP) is 2.13. The third kappa shape index (κ3) is 4.62. The van der Waals surface area contributed by atoms with Gasteiger partial charge in [-0.1, -0.05) is 29.8 Å². The summed E-state index contributed by atoms with van der Waals surface area (Å²) in [6.45, 7) is -0.254. The molecular weight excluding hydrogens is 368 g/mol. The molecule has 7 nitrogen and oxygen atoms in total. The first-order chi connectivity index (χ1) is 11.9. The van der Waals surface area contributed by atoms with E-state index in [4.69, 9.17) is 21.1 Å². The third-order valence-corrected chi connectivity index (χ3v) is 5.06. The van der Waals surface area contributed by atoms with Crippen molar-refractivity contribution >= 4 is 33.2 Å². The van der Waals surface area contributed by atoms with Gasteiger partial charge in [0.2, 0.25) is 22.7 Å². The van der Waals surface area contributed by atoms with Crippen molar-refractivity contribution in [3.05, 3.63) is 53.1 Å². The summed E-state index contributed by atoms with van der Waals surface area (Å²) in [5, 5.41) is 2.95. The lowest BCUT2D eigenvalue weighted by Gasteiger charge is -2.09. The number of nitrogens with one attached hydrogen (secondary N) is 2. The van der Waals surface area contributed by atoms with Crippen molar-refractivity contribution in [2.75, 3.05) is 18.7 Å². The second-order valence-electron chi connectivity index (χ2n) is 5.29. The second kappa shape index (κ2) is 7.30. The van der Waals surface area contributed by atoms with Gasteiger partial charge in [-0.2, -0.15) is 0 Å². The van der Waals surface area contributed by atoms with Crippen molar-refractivity contribution in [3.8, 4) is 11.5 Å². The topological polar surface area (TPSA) is 93.7 Å². The monoisotopic (exact) mass is 382 g/mol. The van der Waals surface area contributed by atoms with E-state index in [0.717, 1.165) is 0 Å². The zero-order valence-electron chi connectivity index (χ0n) is 13.0. The van der Waals surface area contributed by atoms with Crippen LogP contribution in [-0.2, 0) is 20.6 Å². The zero-order valence-corrected chi connectivity index (χ0v) is 14.6. The molecule has 0 bridgehead atoms. The molecule has 25 heavy (non-hydrogen) atoms. The van der Waals surface area contributed by atoms with Crippen LogP contribution in [-0.4, -0.2) is 27.7 Å².